The third-order valence-corrected chi connectivity index (χ3v) is 5.42. The van der Waals surface area contributed by atoms with Crippen molar-refractivity contribution >= 4 is 11.7 Å². The Hall–Kier alpha value is -2.74. The van der Waals surface area contributed by atoms with Crippen molar-refractivity contribution in [3.05, 3.63) is 46.9 Å². The van der Waals surface area contributed by atoms with E-state index in [0.717, 1.165) is 28.5 Å². The first kappa shape index (κ1) is 17.7. The highest BCUT2D eigenvalue weighted by Crippen LogP contribution is 2.28. The molecular weight excluding hydrogens is 344 g/mol. The van der Waals surface area contributed by atoms with Crippen LogP contribution < -0.4 is 5.73 Å². The van der Waals surface area contributed by atoms with Crippen molar-refractivity contribution in [1.82, 2.24) is 24.5 Å². The van der Waals surface area contributed by atoms with Gasteiger partial charge in [-0.3, -0.25) is 4.79 Å². The highest BCUT2D eigenvalue weighted by Gasteiger charge is 2.35. The van der Waals surface area contributed by atoms with Gasteiger partial charge in [-0.15, -0.1) is 0 Å². The highest BCUT2D eigenvalue weighted by atomic mass is 16.3. The molecule has 27 heavy (non-hydrogen) atoms. The highest BCUT2D eigenvalue weighted by molar-refractivity contribution is 5.77. The molecule has 2 N–H and O–H groups in total. The Kier molecular flexibility index (Phi) is 4.43. The van der Waals surface area contributed by atoms with Gasteiger partial charge >= 0.3 is 0 Å². The zero-order chi connectivity index (χ0) is 19.1. The fourth-order valence-corrected chi connectivity index (χ4v) is 3.89. The molecule has 0 spiro atoms. The molecule has 142 valence electrons. The lowest BCUT2D eigenvalue weighted by molar-refractivity contribution is -0.130. The Morgan fingerprint density at radius 2 is 2.11 bits per heavy atom. The molecule has 1 fully saturated rings. The van der Waals surface area contributed by atoms with Gasteiger partial charge in [-0.05, 0) is 44.9 Å². The fraction of sp³-hybridized carbons (Fsp3) is 0.474. The molecule has 8 nitrogen and oxygen atoms in total. The van der Waals surface area contributed by atoms with Gasteiger partial charge in [0.05, 0.1) is 5.92 Å². The summed E-state index contributed by atoms with van der Waals surface area (Å²) in [5.41, 5.74) is 9.18. The summed E-state index contributed by atoms with van der Waals surface area (Å²) in [7, 11) is 0. The summed E-state index contributed by atoms with van der Waals surface area (Å²) in [6, 6.07) is 3.79. The molecule has 1 aliphatic rings. The van der Waals surface area contributed by atoms with E-state index in [-0.39, 0.29) is 17.9 Å². The molecule has 3 aromatic rings. The topological polar surface area (TPSA) is 103 Å². The molecule has 4 heterocycles. The van der Waals surface area contributed by atoms with Gasteiger partial charge < -0.3 is 15.1 Å². The summed E-state index contributed by atoms with van der Waals surface area (Å²) < 4.78 is 7.43. The molecular formula is C19H24N6O2. The molecule has 0 radical (unpaired) electrons. The molecule has 1 aliphatic heterocycles. The maximum Gasteiger partial charge on any atom is 0.252 e. The molecule has 2 atom stereocenters. The van der Waals surface area contributed by atoms with Crippen LogP contribution >= 0.6 is 0 Å². The first-order valence-corrected chi connectivity index (χ1v) is 9.19. The van der Waals surface area contributed by atoms with Gasteiger partial charge in [-0.1, -0.05) is 0 Å². The smallest absolute Gasteiger partial charge is 0.252 e. The van der Waals surface area contributed by atoms with Crippen molar-refractivity contribution in [2.45, 2.75) is 45.6 Å². The fourth-order valence-electron chi connectivity index (χ4n) is 3.89. The van der Waals surface area contributed by atoms with E-state index in [0.29, 0.717) is 31.7 Å². The molecule has 0 unspecified atom stereocenters. The Bertz CT molecular complexity index is 991. The predicted molar refractivity (Wildman–Crippen MR) is 99.3 cm³/mol. The van der Waals surface area contributed by atoms with Crippen LogP contribution in [-0.4, -0.2) is 49.5 Å². The standard InChI is InChI=1S/C19H24N6O2/c1-11-4-6-17(27-11)15-8-24(9-16(15)20)18(26)7-5-14-12(2)23-19-21-10-22-25(19)13(14)3/h4,6,10,15-16H,5,7-9,20H2,1-3H3/t15-,16-/m1/s1. The third-order valence-electron chi connectivity index (χ3n) is 5.42. The Morgan fingerprint density at radius 1 is 1.30 bits per heavy atom. The number of aromatic nitrogens is 4. The molecule has 0 saturated carbocycles. The van der Waals surface area contributed by atoms with E-state index in [2.05, 4.69) is 15.1 Å². The zero-order valence-corrected chi connectivity index (χ0v) is 15.8. The van der Waals surface area contributed by atoms with E-state index in [1.165, 1.54) is 6.33 Å². The molecule has 1 saturated heterocycles. The molecule has 0 aromatic carbocycles. The number of carbonyl (C=O) groups is 1. The number of rotatable bonds is 4. The van der Waals surface area contributed by atoms with Crippen molar-refractivity contribution in [2.75, 3.05) is 13.1 Å². The van der Waals surface area contributed by atoms with Crippen molar-refractivity contribution < 1.29 is 9.21 Å². The van der Waals surface area contributed by atoms with Crippen LogP contribution in [-0.2, 0) is 11.2 Å². The number of nitrogens with zero attached hydrogens (tertiary/aromatic N) is 5. The molecule has 4 rings (SSSR count). The first-order chi connectivity index (χ1) is 12.9. The third kappa shape index (κ3) is 3.21. The molecule has 0 bridgehead atoms. The largest absolute Gasteiger partial charge is 0.466 e. The number of carbonyl (C=O) groups excluding carboxylic acids is 1. The first-order valence-electron chi connectivity index (χ1n) is 9.19. The van der Waals surface area contributed by atoms with Gasteiger partial charge in [0.15, 0.2) is 0 Å². The van der Waals surface area contributed by atoms with Crippen LogP contribution in [0.4, 0.5) is 0 Å². The summed E-state index contributed by atoms with van der Waals surface area (Å²) in [4.78, 5) is 23.2. The maximum absolute atomic E-state index is 12.8. The quantitative estimate of drug-likeness (QED) is 0.749. The van der Waals surface area contributed by atoms with Crippen LogP contribution in [0.3, 0.4) is 0 Å². The van der Waals surface area contributed by atoms with Crippen molar-refractivity contribution in [3.63, 3.8) is 0 Å². The second-order valence-electron chi connectivity index (χ2n) is 7.25. The van der Waals surface area contributed by atoms with Gasteiger partial charge in [0.25, 0.3) is 5.78 Å². The van der Waals surface area contributed by atoms with Gasteiger partial charge in [-0.25, -0.2) is 9.50 Å². The lowest BCUT2D eigenvalue weighted by Gasteiger charge is -2.17. The van der Waals surface area contributed by atoms with E-state index in [1.807, 2.05) is 37.8 Å². The van der Waals surface area contributed by atoms with Crippen LogP contribution in [0.25, 0.3) is 5.78 Å². The second-order valence-corrected chi connectivity index (χ2v) is 7.25. The average molecular weight is 368 g/mol. The second kappa shape index (κ2) is 6.77. The summed E-state index contributed by atoms with van der Waals surface area (Å²) >= 11 is 0. The van der Waals surface area contributed by atoms with Crippen molar-refractivity contribution in [1.29, 1.82) is 0 Å². The van der Waals surface area contributed by atoms with Crippen molar-refractivity contribution in [2.24, 2.45) is 5.73 Å². The zero-order valence-electron chi connectivity index (χ0n) is 15.8. The van der Waals surface area contributed by atoms with Gasteiger partial charge in [-0.2, -0.15) is 10.1 Å². The number of amides is 1. The summed E-state index contributed by atoms with van der Waals surface area (Å²) in [5, 5.41) is 4.20. The van der Waals surface area contributed by atoms with Crippen LogP contribution in [0.2, 0.25) is 0 Å². The minimum Gasteiger partial charge on any atom is -0.466 e. The molecule has 1 amide bonds. The maximum atomic E-state index is 12.8. The van der Waals surface area contributed by atoms with E-state index < -0.39 is 0 Å². The van der Waals surface area contributed by atoms with Crippen LogP contribution in [0.15, 0.2) is 22.9 Å². The van der Waals surface area contributed by atoms with Gasteiger partial charge in [0.1, 0.15) is 17.8 Å². The SMILES string of the molecule is Cc1ccc([C@@H]2CN(C(=O)CCc3c(C)nc4ncnn4c3C)C[C@H]2N)o1. The van der Waals surface area contributed by atoms with Gasteiger partial charge in [0, 0.05) is 36.9 Å². The van der Waals surface area contributed by atoms with Crippen LogP contribution in [0.1, 0.15) is 40.8 Å². The number of aryl methyl sites for hydroxylation is 3. The monoisotopic (exact) mass is 368 g/mol. The molecule has 3 aromatic heterocycles. The molecule has 0 aliphatic carbocycles. The lowest BCUT2D eigenvalue weighted by Crippen LogP contribution is -2.32. The number of nitrogens with two attached hydrogens (primary N) is 1. The Labute approximate surface area is 157 Å². The summed E-state index contributed by atoms with van der Waals surface area (Å²) in [5.74, 6) is 2.47. The van der Waals surface area contributed by atoms with E-state index in [4.69, 9.17) is 10.2 Å². The van der Waals surface area contributed by atoms with Crippen LogP contribution in [0, 0.1) is 20.8 Å². The van der Waals surface area contributed by atoms with E-state index in [9.17, 15) is 4.79 Å². The minimum atomic E-state index is -0.101. The predicted octanol–water partition coefficient (Wildman–Crippen LogP) is 1.53. The number of hydrogen-bond acceptors (Lipinski definition) is 6. The minimum absolute atomic E-state index is 0.0549. The number of hydrogen-bond donors (Lipinski definition) is 1. The van der Waals surface area contributed by atoms with E-state index in [1.54, 1.807) is 4.52 Å². The number of likely N-dealkylation sites (tertiary alicyclic amines) is 1. The summed E-state index contributed by atoms with van der Waals surface area (Å²) in [6.45, 7) is 7.00. The normalized spacial score (nSPS) is 19.9. The average Bonchev–Trinajstić information content (AvgIpc) is 3.34. The number of fused-ring (bicyclic) bond motifs is 1. The lowest BCUT2D eigenvalue weighted by atomic mass is 10.0. The Morgan fingerprint density at radius 3 is 2.85 bits per heavy atom. The van der Waals surface area contributed by atoms with E-state index >= 15 is 0 Å². The Balaban J connectivity index is 1.44. The van der Waals surface area contributed by atoms with Crippen LogP contribution in [0.5, 0.6) is 0 Å². The molecule has 8 heteroatoms. The van der Waals surface area contributed by atoms with Gasteiger partial charge in [0.2, 0.25) is 5.91 Å². The van der Waals surface area contributed by atoms with Crippen molar-refractivity contribution in [3.8, 4) is 0 Å². The number of furan rings is 1. The summed E-state index contributed by atoms with van der Waals surface area (Å²) in [6.07, 6.45) is 2.53.